The van der Waals surface area contributed by atoms with Crippen molar-refractivity contribution in [3.63, 3.8) is 0 Å². The van der Waals surface area contributed by atoms with Crippen LogP contribution in [-0.2, 0) is 13.6 Å². The third-order valence-corrected chi connectivity index (χ3v) is 5.14. The second kappa shape index (κ2) is 5.40. The maximum absolute atomic E-state index is 4.50. The zero-order valence-electron chi connectivity index (χ0n) is 14.2. The van der Waals surface area contributed by atoms with Crippen LogP contribution >= 0.6 is 0 Å². The highest BCUT2D eigenvalue weighted by Gasteiger charge is 2.41. The summed E-state index contributed by atoms with van der Waals surface area (Å²) in [5, 5.41) is 8.31. The predicted octanol–water partition coefficient (Wildman–Crippen LogP) is 2.33. The number of rotatable bonds is 3. The Morgan fingerprint density at radius 1 is 1.33 bits per heavy atom. The van der Waals surface area contributed by atoms with E-state index in [9.17, 15) is 0 Å². The summed E-state index contributed by atoms with van der Waals surface area (Å²) < 4.78 is 2.05. The van der Waals surface area contributed by atoms with Gasteiger partial charge in [-0.25, -0.2) is 0 Å². The van der Waals surface area contributed by atoms with Gasteiger partial charge < -0.3 is 5.32 Å². The van der Waals surface area contributed by atoms with Crippen LogP contribution in [0, 0.1) is 18.3 Å². The van der Waals surface area contributed by atoms with E-state index < -0.39 is 0 Å². The first-order valence-corrected chi connectivity index (χ1v) is 8.31. The highest BCUT2D eigenvalue weighted by Crippen LogP contribution is 2.38. The maximum atomic E-state index is 4.50. The van der Waals surface area contributed by atoms with E-state index in [0.29, 0.717) is 17.5 Å². The number of hydrogen-bond acceptors (Lipinski definition) is 3. The van der Waals surface area contributed by atoms with E-state index in [2.05, 4.69) is 56.1 Å². The monoisotopic (exact) mass is 290 g/mol. The van der Waals surface area contributed by atoms with Gasteiger partial charge in [-0.3, -0.25) is 9.58 Å². The van der Waals surface area contributed by atoms with Crippen LogP contribution in [0.3, 0.4) is 0 Å². The normalized spacial score (nSPS) is 28.0. The van der Waals surface area contributed by atoms with Crippen molar-refractivity contribution in [2.75, 3.05) is 13.1 Å². The molecule has 1 N–H and O–H groups in total. The van der Waals surface area contributed by atoms with Gasteiger partial charge >= 0.3 is 0 Å². The molecule has 0 radical (unpaired) electrons. The predicted molar refractivity (Wildman–Crippen MR) is 86.1 cm³/mol. The molecule has 4 heteroatoms. The Labute approximate surface area is 128 Å². The third-order valence-electron chi connectivity index (χ3n) is 5.14. The molecule has 1 aromatic rings. The third kappa shape index (κ3) is 3.32. The zero-order chi connectivity index (χ0) is 15.2. The van der Waals surface area contributed by atoms with Crippen LogP contribution in [0.1, 0.15) is 45.0 Å². The average molecular weight is 290 g/mol. The van der Waals surface area contributed by atoms with Crippen molar-refractivity contribution in [2.45, 2.75) is 59.2 Å². The van der Waals surface area contributed by atoms with Crippen molar-refractivity contribution in [1.29, 1.82) is 0 Å². The summed E-state index contributed by atoms with van der Waals surface area (Å²) in [5.41, 5.74) is 2.78. The topological polar surface area (TPSA) is 33.1 Å². The molecule has 2 heterocycles. The Hall–Kier alpha value is -0.870. The maximum Gasteiger partial charge on any atom is 0.0597 e. The quantitative estimate of drug-likeness (QED) is 0.927. The van der Waals surface area contributed by atoms with Gasteiger partial charge in [0, 0.05) is 38.8 Å². The molecule has 2 unspecified atom stereocenters. The van der Waals surface area contributed by atoms with Crippen molar-refractivity contribution >= 4 is 0 Å². The van der Waals surface area contributed by atoms with Gasteiger partial charge in [-0.1, -0.05) is 20.8 Å². The van der Waals surface area contributed by atoms with E-state index in [4.69, 9.17) is 0 Å². The molecule has 0 spiro atoms. The number of piperazine rings is 1. The number of aromatic nitrogens is 2. The SMILES string of the molecule is Cc1cc(CN2CC(C(C)(C)C)NCC2C2CC2)n(C)n1. The lowest BCUT2D eigenvalue weighted by Crippen LogP contribution is -2.60. The van der Waals surface area contributed by atoms with Crippen molar-refractivity contribution in [1.82, 2.24) is 20.0 Å². The van der Waals surface area contributed by atoms with Crippen LogP contribution in [0.5, 0.6) is 0 Å². The first-order chi connectivity index (χ1) is 9.84. The van der Waals surface area contributed by atoms with Crippen LogP contribution in [0.2, 0.25) is 0 Å². The molecule has 1 saturated carbocycles. The standard InChI is InChI=1S/C17H30N4/c1-12-8-14(20(5)19-12)10-21-11-16(17(2,3)4)18-9-15(21)13-6-7-13/h8,13,15-16,18H,6-7,9-11H2,1-5H3. The second-order valence-electron chi connectivity index (χ2n) is 8.06. The molecule has 21 heavy (non-hydrogen) atoms. The van der Waals surface area contributed by atoms with Gasteiger partial charge in [0.25, 0.3) is 0 Å². The minimum absolute atomic E-state index is 0.315. The Kier molecular flexibility index (Phi) is 3.87. The summed E-state index contributed by atoms with van der Waals surface area (Å²) in [6.45, 7) is 12.4. The summed E-state index contributed by atoms with van der Waals surface area (Å²) in [7, 11) is 2.07. The highest BCUT2D eigenvalue weighted by atomic mass is 15.3. The molecule has 3 rings (SSSR count). The van der Waals surface area contributed by atoms with Crippen LogP contribution in [0.25, 0.3) is 0 Å². The largest absolute Gasteiger partial charge is 0.311 e. The second-order valence-corrected chi connectivity index (χ2v) is 8.06. The lowest BCUT2D eigenvalue weighted by atomic mass is 9.84. The van der Waals surface area contributed by atoms with E-state index in [0.717, 1.165) is 31.2 Å². The van der Waals surface area contributed by atoms with E-state index in [1.165, 1.54) is 18.5 Å². The summed E-state index contributed by atoms with van der Waals surface area (Å²) in [6, 6.07) is 3.51. The smallest absolute Gasteiger partial charge is 0.0597 e. The van der Waals surface area contributed by atoms with Crippen LogP contribution < -0.4 is 5.32 Å². The van der Waals surface area contributed by atoms with Crippen molar-refractivity contribution in [3.8, 4) is 0 Å². The van der Waals surface area contributed by atoms with E-state index >= 15 is 0 Å². The molecule has 2 aliphatic rings. The molecule has 1 aliphatic carbocycles. The average Bonchev–Trinajstić information content (AvgIpc) is 3.16. The molecule has 2 fully saturated rings. The fraction of sp³-hybridized carbons (Fsp3) is 0.824. The van der Waals surface area contributed by atoms with Gasteiger partial charge in [-0.2, -0.15) is 5.10 Å². The Balaban J connectivity index is 1.75. The van der Waals surface area contributed by atoms with Crippen LogP contribution in [-0.4, -0.2) is 39.9 Å². The fourth-order valence-corrected chi connectivity index (χ4v) is 3.55. The number of nitrogens with one attached hydrogen (secondary N) is 1. The van der Waals surface area contributed by atoms with Crippen LogP contribution in [0.4, 0.5) is 0 Å². The Morgan fingerprint density at radius 3 is 2.57 bits per heavy atom. The van der Waals surface area contributed by atoms with Gasteiger partial charge in [0.05, 0.1) is 11.4 Å². The summed E-state index contributed by atoms with van der Waals surface area (Å²) in [5.74, 6) is 0.910. The lowest BCUT2D eigenvalue weighted by molar-refractivity contribution is 0.0670. The van der Waals surface area contributed by atoms with Crippen molar-refractivity contribution in [3.05, 3.63) is 17.5 Å². The van der Waals surface area contributed by atoms with Crippen molar-refractivity contribution < 1.29 is 0 Å². The summed E-state index contributed by atoms with van der Waals surface area (Å²) >= 11 is 0. The highest BCUT2D eigenvalue weighted by molar-refractivity contribution is 5.10. The summed E-state index contributed by atoms with van der Waals surface area (Å²) in [4.78, 5) is 2.71. The molecular formula is C17H30N4. The van der Waals surface area contributed by atoms with E-state index in [-0.39, 0.29) is 0 Å². The molecule has 1 aliphatic heterocycles. The molecule has 0 bridgehead atoms. The fourth-order valence-electron chi connectivity index (χ4n) is 3.55. The lowest BCUT2D eigenvalue weighted by Gasteiger charge is -2.45. The molecule has 1 aromatic heterocycles. The van der Waals surface area contributed by atoms with E-state index in [1.807, 2.05) is 4.68 Å². The van der Waals surface area contributed by atoms with Crippen molar-refractivity contribution in [2.24, 2.45) is 18.4 Å². The molecule has 1 saturated heterocycles. The molecule has 118 valence electrons. The van der Waals surface area contributed by atoms with Gasteiger partial charge in [0.15, 0.2) is 0 Å². The minimum Gasteiger partial charge on any atom is -0.311 e. The summed E-state index contributed by atoms with van der Waals surface area (Å²) in [6.07, 6.45) is 2.82. The first kappa shape index (κ1) is 15.0. The zero-order valence-corrected chi connectivity index (χ0v) is 14.2. The van der Waals surface area contributed by atoms with Gasteiger partial charge in [0.1, 0.15) is 0 Å². The van der Waals surface area contributed by atoms with Gasteiger partial charge in [0.2, 0.25) is 0 Å². The number of aryl methyl sites for hydroxylation is 2. The Bertz CT molecular complexity index is 495. The number of hydrogen-bond donors (Lipinski definition) is 1. The van der Waals surface area contributed by atoms with Gasteiger partial charge in [-0.05, 0) is 37.2 Å². The molecule has 2 atom stereocenters. The van der Waals surface area contributed by atoms with E-state index in [1.54, 1.807) is 0 Å². The van der Waals surface area contributed by atoms with Gasteiger partial charge in [-0.15, -0.1) is 0 Å². The minimum atomic E-state index is 0.315. The molecule has 4 nitrogen and oxygen atoms in total. The first-order valence-electron chi connectivity index (χ1n) is 8.31. The molecular weight excluding hydrogens is 260 g/mol. The Morgan fingerprint density at radius 2 is 2.05 bits per heavy atom. The number of nitrogens with zero attached hydrogens (tertiary/aromatic N) is 3. The van der Waals surface area contributed by atoms with Crippen LogP contribution in [0.15, 0.2) is 6.07 Å². The molecule has 0 amide bonds. The molecule has 0 aromatic carbocycles.